The van der Waals surface area contributed by atoms with Crippen molar-refractivity contribution in [1.29, 1.82) is 0 Å². The van der Waals surface area contributed by atoms with Crippen LogP contribution in [-0.2, 0) is 14.8 Å². The monoisotopic (exact) mass is 299 g/mol. The number of sulfonamides is 1. The molecule has 7 heteroatoms. The number of likely N-dealkylation sites (N-methyl/N-ethyl adjacent to an activating group) is 1. The molecule has 0 aromatic heterocycles. The normalized spacial score (nSPS) is 11.4. The van der Waals surface area contributed by atoms with E-state index in [0.29, 0.717) is 12.2 Å². The second-order valence-corrected chi connectivity index (χ2v) is 6.45. The SMILES string of the molecule is CCN(C)C(=O)CNS(=O)(=O)c1cc(C)c(C)c(N)c1. The van der Waals surface area contributed by atoms with Gasteiger partial charge in [-0.1, -0.05) is 0 Å². The molecule has 112 valence electrons. The number of carbonyl (C=O) groups is 1. The largest absolute Gasteiger partial charge is 0.398 e. The van der Waals surface area contributed by atoms with E-state index in [-0.39, 0.29) is 17.3 Å². The van der Waals surface area contributed by atoms with Crippen molar-refractivity contribution in [3.05, 3.63) is 23.3 Å². The summed E-state index contributed by atoms with van der Waals surface area (Å²) < 4.78 is 26.5. The van der Waals surface area contributed by atoms with Crippen LogP contribution < -0.4 is 10.5 Å². The third-order valence-corrected chi connectivity index (χ3v) is 4.69. The van der Waals surface area contributed by atoms with Crippen LogP contribution in [0.3, 0.4) is 0 Å². The highest BCUT2D eigenvalue weighted by Gasteiger charge is 2.18. The van der Waals surface area contributed by atoms with Crippen LogP contribution in [0.25, 0.3) is 0 Å². The number of nitrogens with zero attached hydrogens (tertiary/aromatic N) is 1. The zero-order chi connectivity index (χ0) is 15.5. The molecule has 0 saturated carbocycles. The lowest BCUT2D eigenvalue weighted by atomic mass is 10.1. The molecule has 1 aromatic rings. The zero-order valence-electron chi connectivity index (χ0n) is 12.2. The Hall–Kier alpha value is -1.60. The van der Waals surface area contributed by atoms with Gasteiger partial charge in [-0.3, -0.25) is 4.79 Å². The quantitative estimate of drug-likeness (QED) is 0.780. The van der Waals surface area contributed by atoms with Gasteiger partial charge in [0.05, 0.1) is 11.4 Å². The van der Waals surface area contributed by atoms with Gasteiger partial charge in [0.2, 0.25) is 15.9 Å². The third kappa shape index (κ3) is 3.71. The minimum Gasteiger partial charge on any atom is -0.398 e. The maximum atomic E-state index is 12.1. The number of amides is 1. The van der Waals surface area contributed by atoms with Gasteiger partial charge in [0, 0.05) is 19.3 Å². The summed E-state index contributed by atoms with van der Waals surface area (Å²) in [5.41, 5.74) is 7.84. The molecular weight excluding hydrogens is 278 g/mol. The van der Waals surface area contributed by atoms with Crippen molar-refractivity contribution < 1.29 is 13.2 Å². The van der Waals surface area contributed by atoms with E-state index in [1.54, 1.807) is 20.0 Å². The van der Waals surface area contributed by atoms with Crippen molar-refractivity contribution in [2.75, 3.05) is 25.9 Å². The number of nitrogens with two attached hydrogens (primary N) is 1. The lowest BCUT2D eigenvalue weighted by Crippen LogP contribution is -2.38. The van der Waals surface area contributed by atoms with Gasteiger partial charge in [-0.15, -0.1) is 0 Å². The average Bonchev–Trinajstić information content (AvgIpc) is 2.40. The number of rotatable bonds is 5. The smallest absolute Gasteiger partial charge is 0.241 e. The number of hydrogen-bond acceptors (Lipinski definition) is 4. The lowest BCUT2D eigenvalue weighted by Gasteiger charge is -2.15. The van der Waals surface area contributed by atoms with E-state index in [1.807, 2.05) is 13.8 Å². The highest BCUT2D eigenvalue weighted by molar-refractivity contribution is 7.89. The number of nitrogens with one attached hydrogen (secondary N) is 1. The number of carbonyl (C=O) groups excluding carboxylic acids is 1. The molecule has 0 aliphatic rings. The highest BCUT2D eigenvalue weighted by Crippen LogP contribution is 2.21. The molecule has 1 amide bonds. The predicted octanol–water partition coefficient (Wildman–Crippen LogP) is 0.642. The topological polar surface area (TPSA) is 92.5 Å². The first-order valence-corrected chi connectivity index (χ1v) is 7.77. The van der Waals surface area contributed by atoms with E-state index in [4.69, 9.17) is 5.73 Å². The number of benzene rings is 1. The molecule has 0 spiro atoms. The van der Waals surface area contributed by atoms with Crippen molar-refractivity contribution >= 4 is 21.6 Å². The van der Waals surface area contributed by atoms with Gasteiger partial charge >= 0.3 is 0 Å². The molecule has 20 heavy (non-hydrogen) atoms. The first kappa shape index (κ1) is 16.5. The predicted molar refractivity (Wildman–Crippen MR) is 78.8 cm³/mol. The van der Waals surface area contributed by atoms with Crippen molar-refractivity contribution in [3.63, 3.8) is 0 Å². The molecule has 0 aliphatic heterocycles. The van der Waals surface area contributed by atoms with Crippen LogP contribution >= 0.6 is 0 Å². The van der Waals surface area contributed by atoms with Crippen molar-refractivity contribution in [3.8, 4) is 0 Å². The molecule has 1 rings (SSSR count). The van der Waals surface area contributed by atoms with E-state index in [2.05, 4.69) is 4.72 Å². The Morgan fingerprint density at radius 1 is 1.35 bits per heavy atom. The molecule has 0 bridgehead atoms. The minimum absolute atomic E-state index is 0.0741. The first-order chi connectivity index (χ1) is 9.19. The minimum atomic E-state index is -3.74. The summed E-state index contributed by atoms with van der Waals surface area (Å²) in [5.74, 6) is -0.284. The van der Waals surface area contributed by atoms with Crippen LogP contribution in [-0.4, -0.2) is 39.4 Å². The number of hydrogen-bond donors (Lipinski definition) is 2. The van der Waals surface area contributed by atoms with Crippen LogP contribution in [0, 0.1) is 13.8 Å². The van der Waals surface area contributed by atoms with Crippen LogP contribution in [0.5, 0.6) is 0 Å². The van der Waals surface area contributed by atoms with Gasteiger partial charge in [-0.05, 0) is 44.0 Å². The average molecular weight is 299 g/mol. The molecule has 3 N–H and O–H groups in total. The van der Waals surface area contributed by atoms with E-state index < -0.39 is 10.0 Å². The van der Waals surface area contributed by atoms with Gasteiger partial charge in [-0.2, -0.15) is 0 Å². The van der Waals surface area contributed by atoms with Crippen LogP contribution in [0.4, 0.5) is 5.69 Å². The molecule has 0 atom stereocenters. The fourth-order valence-electron chi connectivity index (χ4n) is 1.56. The molecule has 0 saturated heterocycles. The summed E-state index contributed by atoms with van der Waals surface area (Å²) in [7, 11) is -2.12. The third-order valence-electron chi connectivity index (χ3n) is 3.30. The summed E-state index contributed by atoms with van der Waals surface area (Å²) in [6.07, 6.45) is 0. The van der Waals surface area contributed by atoms with Gasteiger partial charge in [-0.25, -0.2) is 13.1 Å². The first-order valence-electron chi connectivity index (χ1n) is 6.29. The van der Waals surface area contributed by atoms with E-state index in [1.165, 1.54) is 11.0 Å². The van der Waals surface area contributed by atoms with Gasteiger partial charge < -0.3 is 10.6 Å². The summed E-state index contributed by atoms with van der Waals surface area (Å²) in [5, 5.41) is 0. The second kappa shape index (κ2) is 6.23. The molecule has 0 fully saturated rings. The molecular formula is C13H21N3O3S. The Bertz CT molecular complexity index is 588. The molecule has 6 nitrogen and oxygen atoms in total. The molecule has 0 radical (unpaired) electrons. The Labute approximate surface area is 120 Å². The Kier molecular flexibility index (Phi) is 5.13. The van der Waals surface area contributed by atoms with E-state index in [9.17, 15) is 13.2 Å². The van der Waals surface area contributed by atoms with Crippen molar-refractivity contribution in [1.82, 2.24) is 9.62 Å². The molecule has 0 heterocycles. The Morgan fingerprint density at radius 3 is 2.45 bits per heavy atom. The zero-order valence-corrected chi connectivity index (χ0v) is 13.0. The maximum absolute atomic E-state index is 12.1. The van der Waals surface area contributed by atoms with Gasteiger partial charge in [0.25, 0.3) is 0 Å². The van der Waals surface area contributed by atoms with Crippen LogP contribution in [0.1, 0.15) is 18.1 Å². The fraction of sp³-hybridized carbons (Fsp3) is 0.462. The lowest BCUT2D eigenvalue weighted by molar-refractivity contribution is -0.128. The molecule has 1 aromatic carbocycles. The van der Waals surface area contributed by atoms with Crippen LogP contribution in [0.2, 0.25) is 0 Å². The Morgan fingerprint density at radius 2 is 1.95 bits per heavy atom. The number of nitrogen functional groups attached to an aromatic ring is 1. The maximum Gasteiger partial charge on any atom is 0.241 e. The molecule has 0 unspecified atom stereocenters. The fourth-order valence-corrected chi connectivity index (χ4v) is 2.65. The number of aryl methyl sites for hydroxylation is 1. The number of anilines is 1. The van der Waals surface area contributed by atoms with Crippen LogP contribution in [0.15, 0.2) is 17.0 Å². The standard InChI is InChI=1S/C13H21N3O3S/c1-5-16(4)13(17)8-15-20(18,19)11-6-9(2)10(3)12(14)7-11/h6-7,15H,5,8,14H2,1-4H3. The van der Waals surface area contributed by atoms with Crippen molar-refractivity contribution in [2.45, 2.75) is 25.7 Å². The Balaban J connectivity index is 2.93. The van der Waals surface area contributed by atoms with Gasteiger partial charge in [0.1, 0.15) is 0 Å². The summed E-state index contributed by atoms with van der Waals surface area (Å²) in [6.45, 7) is 5.70. The van der Waals surface area contributed by atoms with E-state index in [0.717, 1.165) is 11.1 Å². The summed E-state index contributed by atoms with van der Waals surface area (Å²) in [6, 6.07) is 2.95. The molecule has 0 aliphatic carbocycles. The summed E-state index contributed by atoms with van der Waals surface area (Å²) >= 11 is 0. The summed E-state index contributed by atoms with van der Waals surface area (Å²) in [4.78, 5) is 13.1. The van der Waals surface area contributed by atoms with Crippen molar-refractivity contribution in [2.24, 2.45) is 0 Å². The van der Waals surface area contributed by atoms with E-state index >= 15 is 0 Å². The second-order valence-electron chi connectivity index (χ2n) is 4.69. The highest BCUT2D eigenvalue weighted by atomic mass is 32.2. The van der Waals surface area contributed by atoms with Gasteiger partial charge in [0.15, 0.2) is 0 Å².